The van der Waals surface area contributed by atoms with Crippen molar-refractivity contribution in [1.29, 1.82) is 0 Å². The number of carbonyl (C=O) groups excluding carboxylic acids is 2. The van der Waals surface area contributed by atoms with Crippen molar-refractivity contribution in [3.05, 3.63) is 35.5 Å². The van der Waals surface area contributed by atoms with Gasteiger partial charge in [-0.05, 0) is 45.2 Å². The summed E-state index contributed by atoms with van der Waals surface area (Å²) in [4.78, 5) is 23.6. The monoisotopic (exact) mass is 433 g/mol. The van der Waals surface area contributed by atoms with Gasteiger partial charge in [0.2, 0.25) is 0 Å². The maximum Gasteiger partial charge on any atom is 0.407 e. The number of benzene rings is 1. The molecule has 2 aromatic rings. The number of rotatable bonds is 5. The summed E-state index contributed by atoms with van der Waals surface area (Å²) in [6, 6.07) is 6.47. The Balaban J connectivity index is 1.44. The molecule has 1 aliphatic carbocycles. The van der Waals surface area contributed by atoms with Gasteiger partial charge in [-0.25, -0.2) is 17.9 Å². The molecule has 4 rings (SSSR count). The van der Waals surface area contributed by atoms with Crippen molar-refractivity contribution in [3.63, 3.8) is 0 Å². The first-order chi connectivity index (χ1) is 14.2. The van der Waals surface area contributed by atoms with Crippen molar-refractivity contribution < 1.29 is 22.7 Å². The fourth-order valence-corrected chi connectivity index (χ4v) is 5.15. The largest absolute Gasteiger partial charge is 0.446 e. The number of sulfonamides is 1. The van der Waals surface area contributed by atoms with Crippen LogP contribution in [0.1, 0.15) is 55.1 Å². The third kappa shape index (κ3) is 3.97. The van der Waals surface area contributed by atoms with Crippen LogP contribution >= 0.6 is 0 Å². The lowest BCUT2D eigenvalue weighted by atomic mass is 10.0. The second kappa shape index (κ2) is 7.63. The summed E-state index contributed by atoms with van der Waals surface area (Å²) in [6.45, 7) is 3.74. The first-order valence-corrected chi connectivity index (χ1v) is 11.2. The van der Waals surface area contributed by atoms with Gasteiger partial charge in [-0.1, -0.05) is 6.07 Å². The molecule has 0 radical (unpaired) electrons. The highest BCUT2D eigenvalue weighted by Crippen LogP contribution is 2.37. The Morgan fingerprint density at radius 2 is 2.10 bits per heavy atom. The van der Waals surface area contributed by atoms with Gasteiger partial charge >= 0.3 is 6.09 Å². The zero-order valence-electron chi connectivity index (χ0n) is 16.6. The number of anilines is 2. The van der Waals surface area contributed by atoms with Crippen molar-refractivity contribution >= 4 is 33.5 Å². The number of H-pyrrole nitrogens is 1. The molecular formula is C19H23N5O5S. The molecule has 1 aliphatic heterocycles. The topological polar surface area (TPSA) is 142 Å². The number of carbonyl (C=O) groups is 2. The van der Waals surface area contributed by atoms with Crippen LogP contribution in [-0.4, -0.2) is 42.8 Å². The molecule has 2 atom stereocenters. The molecule has 2 amide bonds. The summed E-state index contributed by atoms with van der Waals surface area (Å²) in [5.74, 6) is -0.0527. The highest BCUT2D eigenvalue weighted by atomic mass is 32.2. The van der Waals surface area contributed by atoms with E-state index < -0.39 is 22.0 Å². The van der Waals surface area contributed by atoms with Crippen molar-refractivity contribution in [2.45, 2.75) is 56.1 Å². The number of aromatic amines is 1. The van der Waals surface area contributed by atoms with E-state index in [2.05, 4.69) is 20.8 Å². The van der Waals surface area contributed by atoms with Gasteiger partial charge in [0.05, 0.1) is 11.3 Å². The second-order valence-corrected chi connectivity index (χ2v) is 9.41. The number of alkyl carbamates (subject to hydrolysis) is 1. The molecular weight excluding hydrogens is 410 g/mol. The van der Waals surface area contributed by atoms with E-state index in [4.69, 9.17) is 4.74 Å². The van der Waals surface area contributed by atoms with E-state index in [-0.39, 0.29) is 34.2 Å². The first kappa shape index (κ1) is 20.2. The number of aromatic nitrogens is 2. The number of hydrogen-bond acceptors (Lipinski definition) is 7. The zero-order valence-corrected chi connectivity index (χ0v) is 17.4. The van der Waals surface area contributed by atoms with Crippen LogP contribution in [0.25, 0.3) is 0 Å². The maximum atomic E-state index is 12.2. The summed E-state index contributed by atoms with van der Waals surface area (Å²) in [5.41, 5.74) is 1.26. The Kier molecular flexibility index (Phi) is 5.14. The van der Waals surface area contributed by atoms with Crippen LogP contribution in [0.4, 0.5) is 16.3 Å². The summed E-state index contributed by atoms with van der Waals surface area (Å²) in [5, 5.41) is 12.9. The van der Waals surface area contributed by atoms with E-state index in [0.717, 1.165) is 18.5 Å². The van der Waals surface area contributed by atoms with Crippen molar-refractivity contribution in [1.82, 2.24) is 20.2 Å². The van der Waals surface area contributed by atoms with Gasteiger partial charge < -0.3 is 15.4 Å². The van der Waals surface area contributed by atoms with Crippen LogP contribution < -0.4 is 15.4 Å². The van der Waals surface area contributed by atoms with E-state index in [0.29, 0.717) is 12.2 Å². The third-order valence-electron chi connectivity index (χ3n) is 5.12. The van der Waals surface area contributed by atoms with E-state index in [9.17, 15) is 18.0 Å². The smallest absolute Gasteiger partial charge is 0.407 e. The van der Waals surface area contributed by atoms with E-state index in [1.165, 1.54) is 6.07 Å². The van der Waals surface area contributed by atoms with Gasteiger partial charge in [-0.3, -0.25) is 9.89 Å². The number of nitrogens with zero attached hydrogens (tertiary/aromatic N) is 1. The normalized spacial score (nSPS) is 21.9. The van der Waals surface area contributed by atoms with Crippen molar-refractivity contribution in [2.75, 3.05) is 5.32 Å². The Labute approximate surface area is 173 Å². The average Bonchev–Trinajstić information content (AvgIpc) is 3.34. The fraction of sp³-hybridized carbons (Fsp3) is 0.421. The number of amides is 2. The predicted molar refractivity (Wildman–Crippen MR) is 108 cm³/mol. The first-order valence-electron chi connectivity index (χ1n) is 9.72. The fourth-order valence-electron chi connectivity index (χ4n) is 3.83. The molecule has 11 heteroatoms. The van der Waals surface area contributed by atoms with Gasteiger partial charge in [-0.15, -0.1) is 0 Å². The van der Waals surface area contributed by atoms with Gasteiger partial charge in [0.1, 0.15) is 11.0 Å². The number of ether oxygens (including phenoxy) is 1. The molecule has 0 bridgehead atoms. The lowest BCUT2D eigenvalue weighted by Crippen LogP contribution is -2.33. The second-order valence-electron chi connectivity index (χ2n) is 7.79. The summed E-state index contributed by atoms with van der Waals surface area (Å²) in [7, 11) is -3.90. The van der Waals surface area contributed by atoms with Crippen LogP contribution in [0.5, 0.6) is 0 Å². The molecule has 0 saturated heterocycles. The Hall–Kier alpha value is -3.08. The van der Waals surface area contributed by atoms with E-state index in [1.54, 1.807) is 18.2 Å². The molecule has 1 aromatic heterocycles. The molecule has 1 saturated carbocycles. The Bertz CT molecular complexity index is 1090. The summed E-state index contributed by atoms with van der Waals surface area (Å²) >= 11 is 0. The van der Waals surface area contributed by atoms with Crippen LogP contribution in [0.2, 0.25) is 0 Å². The van der Waals surface area contributed by atoms with Gasteiger partial charge in [0.25, 0.3) is 15.9 Å². The Morgan fingerprint density at radius 3 is 2.87 bits per heavy atom. The Morgan fingerprint density at radius 1 is 1.30 bits per heavy atom. The van der Waals surface area contributed by atoms with E-state index >= 15 is 0 Å². The van der Waals surface area contributed by atoms with Crippen LogP contribution in [0, 0.1) is 0 Å². The molecule has 160 valence electrons. The molecule has 2 heterocycles. The number of nitrogens with one attached hydrogen (secondary N) is 4. The minimum Gasteiger partial charge on any atom is -0.446 e. The summed E-state index contributed by atoms with van der Waals surface area (Å²) in [6.07, 6.45) is 1.71. The molecule has 30 heavy (non-hydrogen) atoms. The SMILES string of the molecule is CC(C)NC(=O)O[C@@H]1CC[C@H](c2cc(Nc3cccc4c3S(=O)(=O)NC4=O)n[nH]2)C1. The van der Waals surface area contributed by atoms with E-state index in [1.807, 2.05) is 18.6 Å². The van der Waals surface area contributed by atoms with Crippen molar-refractivity contribution in [3.8, 4) is 0 Å². The third-order valence-corrected chi connectivity index (χ3v) is 6.55. The predicted octanol–water partition coefficient (Wildman–Crippen LogP) is 2.36. The molecule has 0 unspecified atom stereocenters. The number of fused-ring (bicyclic) bond motifs is 1. The van der Waals surface area contributed by atoms with Gasteiger partial charge in [0.15, 0.2) is 5.82 Å². The molecule has 1 fully saturated rings. The van der Waals surface area contributed by atoms with Gasteiger partial charge in [0, 0.05) is 23.7 Å². The van der Waals surface area contributed by atoms with Gasteiger partial charge in [-0.2, -0.15) is 5.10 Å². The minimum atomic E-state index is -3.90. The average molecular weight is 433 g/mol. The quantitative estimate of drug-likeness (QED) is 0.567. The zero-order chi connectivity index (χ0) is 21.5. The standard InChI is InChI=1S/C19H23N5O5S/c1-10(2)20-19(26)29-12-7-6-11(8-12)15-9-16(23-22-15)21-14-5-3-4-13-17(14)30(27,28)24-18(13)25/h3-5,9-12H,6-8H2,1-2H3,(H,20,26)(H,24,25)(H2,21,22,23)/t11-,12+/m0/s1. The highest BCUT2D eigenvalue weighted by Gasteiger charge is 2.35. The van der Waals surface area contributed by atoms with Crippen LogP contribution in [0.3, 0.4) is 0 Å². The lowest BCUT2D eigenvalue weighted by molar-refractivity contribution is 0.0974. The molecule has 10 nitrogen and oxygen atoms in total. The molecule has 4 N–H and O–H groups in total. The molecule has 0 spiro atoms. The van der Waals surface area contributed by atoms with Crippen LogP contribution in [-0.2, 0) is 14.8 Å². The molecule has 2 aliphatic rings. The minimum absolute atomic E-state index is 0.0182. The maximum absolute atomic E-state index is 12.2. The van der Waals surface area contributed by atoms with Crippen LogP contribution in [0.15, 0.2) is 29.2 Å². The lowest BCUT2D eigenvalue weighted by Gasteiger charge is -2.14. The summed E-state index contributed by atoms with van der Waals surface area (Å²) < 4.78 is 31.9. The number of hydrogen-bond donors (Lipinski definition) is 4. The highest BCUT2D eigenvalue weighted by molar-refractivity contribution is 7.90. The van der Waals surface area contributed by atoms with Crippen molar-refractivity contribution in [2.24, 2.45) is 0 Å². The molecule has 1 aromatic carbocycles.